The van der Waals surface area contributed by atoms with Crippen molar-refractivity contribution in [3.63, 3.8) is 0 Å². The quantitative estimate of drug-likeness (QED) is 0.792. The zero-order chi connectivity index (χ0) is 12.6. The Labute approximate surface area is 94.2 Å². The van der Waals surface area contributed by atoms with Crippen molar-refractivity contribution in [1.29, 1.82) is 0 Å². The third kappa shape index (κ3) is 3.10. The molecule has 2 N–H and O–H groups in total. The van der Waals surface area contributed by atoms with Crippen LogP contribution in [0.3, 0.4) is 0 Å². The van der Waals surface area contributed by atoms with Gasteiger partial charge in [-0.25, -0.2) is 0 Å². The predicted octanol–water partition coefficient (Wildman–Crippen LogP) is 2.33. The Morgan fingerprint density at radius 3 is 2.25 bits per heavy atom. The molecule has 0 aliphatic heterocycles. The van der Waals surface area contributed by atoms with E-state index >= 15 is 0 Å². The van der Waals surface area contributed by atoms with Crippen LogP contribution >= 0.6 is 0 Å². The SMILES string of the molecule is CC1CC(C)(C)CC1(CO)NCC(F)(F)F. The van der Waals surface area contributed by atoms with Crippen molar-refractivity contribution in [2.45, 2.75) is 45.3 Å². The fraction of sp³-hybridized carbons (Fsp3) is 1.00. The van der Waals surface area contributed by atoms with Gasteiger partial charge in [0, 0.05) is 5.54 Å². The Bertz CT molecular complexity index is 252. The Kier molecular flexibility index (Phi) is 3.60. The van der Waals surface area contributed by atoms with Crippen molar-refractivity contribution >= 4 is 0 Å². The smallest absolute Gasteiger partial charge is 0.394 e. The average Bonchev–Trinajstić information content (AvgIpc) is 2.32. The van der Waals surface area contributed by atoms with Gasteiger partial charge in [0.15, 0.2) is 0 Å². The molecule has 16 heavy (non-hydrogen) atoms. The lowest BCUT2D eigenvalue weighted by atomic mass is 9.87. The summed E-state index contributed by atoms with van der Waals surface area (Å²) < 4.78 is 36.6. The molecule has 0 radical (unpaired) electrons. The first-order valence-electron chi connectivity index (χ1n) is 5.53. The lowest BCUT2D eigenvalue weighted by Gasteiger charge is -2.34. The summed E-state index contributed by atoms with van der Waals surface area (Å²) in [5, 5.41) is 11.9. The molecule has 2 nitrogen and oxygen atoms in total. The zero-order valence-electron chi connectivity index (χ0n) is 9.99. The number of aliphatic hydroxyl groups is 1. The summed E-state index contributed by atoms with van der Waals surface area (Å²) in [4.78, 5) is 0. The van der Waals surface area contributed by atoms with E-state index in [9.17, 15) is 18.3 Å². The number of aliphatic hydroxyl groups excluding tert-OH is 1. The molecule has 1 aliphatic rings. The molecule has 0 spiro atoms. The van der Waals surface area contributed by atoms with Crippen LogP contribution in [-0.2, 0) is 0 Å². The van der Waals surface area contributed by atoms with Crippen LogP contribution in [0.5, 0.6) is 0 Å². The molecule has 0 saturated heterocycles. The third-order valence-corrected chi connectivity index (χ3v) is 3.52. The number of halogens is 3. The van der Waals surface area contributed by atoms with Gasteiger partial charge >= 0.3 is 6.18 Å². The van der Waals surface area contributed by atoms with Crippen LogP contribution in [0.4, 0.5) is 13.2 Å². The van der Waals surface area contributed by atoms with Gasteiger partial charge in [0.25, 0.3) is 0 Å². The van der Waals surface area contributed by atoms with Crippen molar-refractivity contribution in [1.82, 2.24) is 5.32 Å². The van der Waals surface area contributed by atoms with Crippen LogP contribution in [-0.4, -0.2) is 30.0 Å². The first kappa shape index (κ1) is 13.8. The maximum Gasteiger partial charge on any atom is 0.401 e. The van der Waals surface area contributed by atoms with Gasteiger partial charge in [-0.3, -0.25) is 0 Å². The van der Waals surface area contributed by atoms with Crippen molar-refractivity contribution in [3.8, 4) is 0 Å². The monoisotopic (exact) mass is 239 g/mol. The minimum atomic E-state index is -4.23. The molecule has 2 atom stereocenters. The van der Waals surface area contributed by atoms with Crippen LogP contribution in [0, 0.1) is 11.3 Å². The normalized spacial score (nSPS) is 34.3. The van der Waals surface area contributed by atoms with E-state index in [2.05, 4.69) is 5.32 Å². The van der Waals surface area contributed by atoms with Crippen molar-refractivity contribution in [2.75, 3.05) is 13.2 Å². The average molecular weight is 239 g/mol. The van der Waals surface area contributed by atoms with E-state index in [1.54, 1.807) is 0 Å². The van der Waals surface area contributed by atoms with E-state index in [0.717, 1.165) is 6.42 Å². The van der Waals surface area contributed by atoms with E-state index in [1.807, 2.05) is 20.8 Å². The van der Waals surface area contributed by atoms with Crippen LogP contribution in [0.25, 0.3) is 0 Å². The number of hydrogen-bond acceptors (Lipinski definition) is 2. The Balaban J connectivity index is 2.72. The molecular weight excluding hydrogens is 219 g/mol. The second-order valence-electron chi connectivity index (χ2n) is 5.73. The minimum Gasteiger partial charge on any atom is -0.394 e. The van der Waals surface area contributed by atoms with Gasteiger partial charge in [-0.15, -0.1) is 0 Å². The molecule has 2 unspecified atom stereocenters. The van der Waals surface area contributed by atoms with Gasteiger partial charge < -0.3 is 10.4 Å². The van der Waals surface area contributed by atoms with Crippen LogP contribution < -0.4 is 5.32 Å². The first-order chi connectivity index (χ1) is 7.10. The fourth-order valence-electron chi connectivity index (χ4n) is 2.91. The second kappa shape index (κ2) is 4.18. The van der Waals surface area contributed by atoms with E-state index in [-0.39, 0.29) is 17.9 Å². The molecule has 1 rings (SSSR count). The molecule has 0 aromatic carbocycles. The fourth-order valence-corrected chi connectivity index (χ4v) is 2.91. The van der Waals surface area contributed by atoms with Gasteiger partial charge in [-0.05, 0) is 24.2 Å². The lowest BCUT2D eigenvalue weighted by molar-refractivity contribution is -0.131. The van der Waals surface area contributed by atoms with E-state index in [1.165, 1.54) is 0 Å². The van der Waals surface area contributed by atoms with E-state index < -0.39 is 18.3 Å². The number of hydrogen-bond donors (Lipinski definition) is 2. The highest BCUT2D eigenvalue weighted by molar-refractivity contribution is 5.04. The van der Waals surface area contributed by atoms with E-state index in [0.29, 0.717) is 6.42 Å². The molecule has 0 amide bonds. The van der Waals surface area contributed by atoms with Crippen molar-refractivity contribution in [2.24, 2.45) is 11.3 Å². The molecule has 96 valence electrons. The van der Waals surface area contributed by atoms with Crippen LogP contribution in [0.1, 0.15) is 33.6 Å². The van der Waals surface area contributed by atoms with Gasteiger partial charge in [0.1, 0.15) is 0 Å². The number of nitrogens with one attached hydrogen (secondary N) is 1. The highest BCUT2D eigenvalue weighted by atomic mass is 19.4. The second-order valence-corrected chi connectivity index (χ2v) is 5.73. The predicted molar refractivity (Wildman–Crippen MR) is 56.1 cm³/mol. The highest BCUT2D eigenvalue weighted by Gasteiger charge is 2.49. The summed E-state index contributed by atoms with van der Waals surface area (Å²) in [6.07, 6.45) is -2.82. The summed E-state index contributed by atoms with van der Waals surface area (Å²) in [6.45, 7) is 4.67. The number of alkyl halides is 3. The topological polar surface area (TPSA) is 32.3 Å². The summed E-state index contributed by atoms with van der Waals surface area (Å²) in [7, 11) is 0. The summed E-state index contributed by atoms with van der Waals surface area (Å²) >= 11 is 0. The summed E-state index contributed by atoms with van der Waals surface area (Å²) in [5.41, 5.74) is -0.792. The van der Waals surface area contributed by atoms with Crippen molar-refractivity contribution in [3.05, 3.63) is 0 Å². The zero-order valence-corrected chi connectivity index (χ0v) is 9.99. The maximum absolute atomic E-state index is 12.2. The third-order valence-electron chi connectivity index (χ3n) is 3.52. The molecule has 5 heteroatoms. The Morgan fingerprint density at radius 1 is 1.38 bits per heavy atom. The molecule has 1 fully saturated rings. The Hall–Kier alpha value is -0.290. The van der Waals surface area contributed by atoms with Crippen LogP contribution in [0.15, 0.2) is 0 Å². The molecule has 0 aromatic heterocycles. The van der Waals surface area contributed by atoms with Crippen LogP contribution in [0.2, 0.25) is 0 Å². The summed E-state index contributed by atoms with van der Waals surface area (Å²) in [6, 6.07) is 0. The molecule has 1 aliphatic carbocycles. The maximum atomic E-state index is 12.2. The van der Waals surface area contributed by atoms with Gasteiger partial charge in [-0.1, -0.05) is 20.8 Å². The van der Waals surface area contributed by atoms with Gasteiger partial charge in [0.2, 0.25) is 0 Å². The highest BCUT2D eigenvalue weighted by Crippen LogP contribution is 2.47. The molecular formula is C11H20F3NO. The largest absolute Gasteiger partial charge is 0.401 e. The minimum absolute atomic E-state index is 0.0131. The summed E-state index contributed by atoms with van der Waals surface area (Å²) in [5.74, 6) is 0.0508. The van der Waals surface area contributed by atoms with E-state index in [4.69, 9.17) is 0 Å². The van der Waals surface area contributed by atoms with Gasteiger partial charge in [0.05, 0.1) is 13.2 Å². The van der Waals surface area contributed by atoms with Crippen molar-refractivity contribution < 1.29 is 18.3 Å². The number of rotatable bonds is 3. The first-order valence-corrected chi connectivity index (χ1v) is 5.53. The molecule has 0 aromatic rings. The van der Waals surface area contributed by atoms with Gasteiger partial charge in [-0.2, -0.15) is 13.2 Å². The molecule has 1 saturated carbocycles. The standard InChI is InChI=1S/C11H20F3NO/c1-8-4-9(2,3)5-10(8,7-16)15-6-11(12,13)14/h8,15-16H,4-7H2,1-3H3. The molecule has 0 heterocycles. The molecule has 0 bridgehead atoms. The lowest BCUT2D eigenvalue weighted by Crippen LogP contribution is -2.53. The Morgan fingerprint density at radius 2 is 1.94 bits per heavy atom.